The minimum Gasteiger partial charge on any atom is -0.350 e. The fourth-order valence-corrected chi connectivity index (χ4v) is 2.98. The highest BCUT2D eigenvalue weighted by Crippen LogP contribution is 2.23. The maximum atomic E-state index is 13.5. The first-order chi connectivity index (χ1) is 14.2. The summed E-state index contributed by atoms with van der Waals surface area (Å²) < 4.78 is 19.8. The molecular formula is C21H19FN4O4. The van der Waals surface area contributed by atoms with Crippen molar-refractivity contribution in [1.82, 2.24) is 9.88 Å². The number of anilines is 1. The van der Waals surface area contributed by atoms with E-state index in [1.807, 2.05) is 0 Å². The van der Waals surface area contributed by atoms with E-state index >= 15 is 0 Å². The second kappa shape index (κ2) is 9.03. The van der Waals surface area contributed by atoms with E-state index in [9.17, 15) is 18.8 Å². The maximum Gasteiger partial charge on any atom is 0.295 e. The Bertz CT molecular complexity index is 1120. The molecule has 1 aromatic carbocycles. The van der Waals surface area contributed by atoms with E-state index in [0.29, 0.717) is 5.69 Å². The molecule has 9 heteroatoms. The Kier molecular flexibility index (Phi) is 6.73. The van der Waals surface area contributed by atoms with Gasteiger partial charge in [0.25, 0.3) is 17.6 Å². The van der Waals surface area contributed by atoms with Crippen LogP contribution in [0.3, 0.4) is 0 Å². The molecule has 2 N–H and O–H groups in total. The van der Waals surface area contributed by atoms with E-state index in [1.54, 1.807) is 20.0 Å². The van der Waals surface area contributed by atoms with Crippen LogP contribution < -0.4 is 10.6 Å². The number of aromatic nitrogens is 1. The van der Waals surface area contributed by atoms with Crippen LogP contribution in [0, 0.1) is 43.3 Å². The van der Waals surface area contributed by atoms with Gasteiger partial charge in [-0.1, -0.05) is 5.92 Å². The number of nitrogens with one attached hydrogen (secondary N) is 2. The normalized spacial score (nSPS) is 11.2. The van der Waals surface area contributed by atoms with Crippen LogP contribution in [0.15, 0.2) is 18.2 Å². The number of rotatable bonds is 6. The fraction of sp³-hybridized carbons (Fsp3) is 0.238. The molecule has 2 aromatic rings. The van der Waals surface area contributed by atoms with E-state index in [4.69, 9.17) is 16.4 Å². The Hall–Kier alpha value is -3.95. The minimum atomic E-state index is -1.07. The molecular weight excluding hydrogens is 391 g/mol. The summed E-state index contributed by atoms with van der Waals surface area (Å²) in [6.45, 7) is 3.12. The van der Waals surface area contributed by atoms with E-state index in [2.05, 4.69) is 16.6 Å². The highest BCUT2D eigenvalue weighted by Gasteiger charge is 2.29. The molecule has 2 amide bonds. The van der Waals surface area contributed by atoms with Crippen LogP contribution >= 0.6 is 0 Å². The topological polar surface area (TPSA) is 113 Å². The molecule has 0 bridgehead atoms. The lowest BCUT2D eigenvalue weighted by Crippen LogP contribution is -2.39. The van der Waals surface area contributed by atoms with Crippen LogP contribution in [0.4, 0.5) is 10.1 Å². The molecule has 0 aliphatic carbocycles. The first kappa shape index (κ1) is 22.3. The van der Waals surface area contributed by atoms with Crippen LogP contribution in [0.2, 0.25) is 0 Å². The van der Waals surface area contributed by atoms with Gasteiger partial charge >= 0.3 is 0 Å². The van der Waals surface area contributed by atoms with Crippen LogP contribution in [0.5, 0.6) is 0 Å². The van der Waals surface area contributed by atoms with Crippen LogP contribution in [-0.4, -0.2) is 35.5 Å². The van der Waals surface area contributed by atoms with Gasteiger partial charge < -0.3 is 19.9 Å². The molecule has 0 aliphatic rings. The SMILES string of the molecule is C#C[C@@H](NC(=O)C(=O)c1c(C)c(C(=O)Nc2ccc(F)c(C#N)c2)n(C)c1C)OC. The second-order valence-corrected chi connectivity index (χ2v) is 6.34. The van der Waals surface area contributed by atoms with Gasteiger partial charge in [0.1, 0.15) is 17.6 Å². The molecule has 0 aliphatic heterocycles. The van der Waals surface area contributed by atoms with Gasteiger partial charge in [-0.3, -0.25) is 14.4 Å². The smallest absolute Gasteiger partial charge is 0.295 e. The zero-order valence-corrected chi connectivity index (χ0v) is 16.8. The first-order valence-electron chi connectivity index (χ1n) is 8.67. The van der Waals surface area contributed by atoms with E-state index in [0.717, 1.165) is 6.07 Å². The quantitative estimate of drug-likeness (QED) is 0.326. The molecule has 30 heavy (non-hydrogen) atoms. The van der Waals surface area contributed by atoms with Gasteiger partial charge in [-0.15, -0.1) is 6.42 Å². The van der Waals surface area contributed by atoms with Crippen LogP contribution in [0.1, 0.15) is 37.7 Å². The maximum absolute atomic E-state index is 13.5. The molecule has 0 fully saturated rings. The molecule has 0 saturated carbocycles. The molecule has 8 nitrogen and oxygen atoms in total. The van der Waals surface area contributed by atoms with E-state index in [1.165, 1.54) is 30.7 Å². The number of halogens is 1. The Morgan fingerprint density at radius 2 is 1.97 bits per heavy atom. The number of nitriles is 1. The summed E-state index contributed by atoms with van der Waals surface area (Å²) >= 11 is 0. The number of Topliss-reactive ketones (excluding diaryl/α,β-unsaturated/α-hetero) is 1. The summed E-state index contributed by atoms with van der Waals surface area (Å²) in [4.78, 5) is 37.7. The number of ketones is 1. The van der Waals surface area contributed by atoms with Gasteiger partial charge in [0.15, 0.2) is 6.23 Å². The third-order valence-electron chi connectivity index (χ3n) is 4.57. The van der Waals surface area contributed by atoms with Crippen molar-refractivity contribution in [2.45, 2.75) is 20.1 Å². The predicted octanol–water partition coefficient (Wildman–Crippen LogP) is 1.81. The molecule has 1 heterocycles. The molecule has 1 atom stereocenters. The molecule has 1 aromatic heterocycles. The third kappa shape index (κ3) is 4.22. The van der Waals surface area contributed by atoms with Crippen molar-refractivity contribution in [3.05, 3.63) is 52.1 Å². The lowest BCUT2D eigenvalue weighted by Gasteiger charge is -2.10. The fourth-order valence-electron chi connectivity index (χ4n) is 2.98. The Morgan fingerprint density at radius 1 is 1.30 bits per heavy atom. The van der Waals surface area contributed by atoms with Crippen molar-refractivity contribution in [1.29, 1.82) is 5.26 Å². The molecule has 0 radical (unpaired) electrons. The second-order valence-electron chi connectivity index (χ2n) is 6.34. The van der Waals surface area contributed by atoms with Gasteiger partial charge in [0, 0.05) is 25.5 Å². The summed E-state index contributed by atoms with van der Waals surface area (Å²) in [6.07, 6.45) is 4.13. The van der Waals surface area contributed by atoms with Crippen molar-refractivity contribution < 1.29 is 23.5 Å². The summed E-state index contributed by atoms with van der Waals surface area (Å²) in [7, 11) is 2.85. The summed E-state index contributed by atoms with van der Waals surface area (Å²) in [5.41, 5.74) is 0.852. The van der Waals surface area contributed by atoms with E-state index < -0.39 is 29.6 Å². The summed E-state index contributed by atoms with van der Waals surface area (Å²) in [5.74, 6) is -0.971. The van der Waals surface area contributed by atoms with Crippen LogP contribution in [-0.2, 0) is 16.6 Å². The number of nitrogens with zero attached hydrogens (tertiary/aromatic N) is 2. The summed E-state index contributed by atoms with van der Waals surface area (Å²) in [5, 5.41) is 13.8. The predicted molar refractivity (Wildman–Crippen MR) is 106 cm³/mol. The largest absolute Gasteiger partial charge is 0.350 e. The first-order valence-corrected chi connectivity index (χ1v) is 8.67. The number of carbonyl (C=O) groups excluding carboxylic acids is 3. The lowest BCUT2D eigenvalue weighted by atomic mass is 10.0. The lowest BCUT2D eigenvalue weighted by molar-refractivity contribution is -0.119. The van der Waals surface area contributed by atoms with Crippen molar-refractivity contribution in [2.75, 3.05) is 12.4 Å². The molecule has 154 valence electrons. The minimum absolute atomic E-state index is 0.0591. The zero-order valence-electron chi connectivity index (χ0n) is 16.8. The number of carbonyl (C=O) groups is 3. The number of ether oxygens (including phenoxy) is 1. The average molecular weight is 410 g/mol. The van der Waals surface area contributed by atoms with Crippen molar-refractivity contribution in [2.24, 2.45) is 7.05 Å². The average Bonchev–Trinajstić information content (AvgIpc) is 2.95. The Labute approximate surface area is 172 Å². The number of benzene rings is 1. The highest BCUT2D eigenvalue weighted by molar-refractivity contribution is 6.43. The van der Waals surface area contributed by atoms with Gasteiger partial charge in [0.05, 0.1) is 11.1 Å². The molecule has 0 saturated heterocycles. The number of hydrogen-bond donors (Lipinski definition) is 2. The Morgan fingerprint density at radius 3 is 2.53 bits per heavy atom. The van der Waals surface area contributed by atoms with Gasteiger partial charge in [-0.2, -0.15) is 5.26 Å². The molecule has 0 unspecified atom stereocenters. The van der Waals surface area contributed by atoms with Crippen molar-refractivity contribution in [3.8, 4) is 18.4 Å². The van der Waals surface area contributed by atoms with E-state index in [-0.39, 0.29) is 28.1 Å². The Balaban J connectivity index is 2.37. The monoisotopic (exact) mass is 410 g/mol. The summed E-state index contributed by atoms with van der Waals surface area (Å²) in [6, 6.07) is 5.26. The number of methoxy groups -OCH3 is 1. The van der Waals surface area contributed by atoms with Gasteiger partial charge in [-0.05, 0) is 37.6 Å². The van der Waals surface area contributed by atoms with Gasteiger partial charge in [-0.25, -0.2) is 4.39 Å². The number of amides is 2. The standard InChI is InChI=1S/C21H19FN4O4/c1-6-16(30-5)25-21(29)19(27)17-11(2)18(26(4)12(17)3)20(28)24-14-7-8-15(22)13(9-14)10-23/h1,7-9,16H,2-5H3,(H,24,28)(H,25,29)/t16-/m0/s1. The van der Waals surface area contributed by atoms with Gasteiger partial charge in [0.2, 0.25) is 0 Å². The van der Waals surface area contributed by atoms with Crippen LogP contribution in [0.25, 0.3) is 0 Å². The zero-order chi connectivity index (χ0) is 22.6. The number of terminal acetylenes is 1. The van der Waals surface area contributed by atoms with Crippen molar-refractivity contribution in [3.63, 3.8) is 0 Å². The third-order valence-corrected chi connectivity index (χ3v) is 4.57. The van der Waals surface area contributed by atoms with Crippen molar-refractivity contribution >= 4 is 23.3 Å². The molecule has 0 spiro atoms. The molecule has 2 rings (SSSR count). The highest BCUT2D eigenvalue weighted by atomic mass is 19.1. The number of hydrogen-bond acceptors (Lipinski definition) is 5.